The summed E-state index contributed by atoms with van der Waals surface area (Å²) in [5, 5.41) is 6.94. The van der Waals surface area contributed by atoms with Gasteiger partial charge in [-0.3, -0.25) is 0 Å². The van der Waals surface area contributed by atoms with Crippen LogP contribution in [-0.2, 0) is 5.41 Å². The Morgan fingerprint density at radius 3 is 1.17 bits per heavy atom. The second-order valence-electron chi connectivity index (χ2n) is 20.6. The van der Waals surface area contributed by atoms with Crippen LogP contribution in [0, 0.1) is 0 Å². The van der Waals surface area contributed by atoms with E-state index in [1.807, 2.05) is 24.3 Å². The molecule has 3 heteroatoms. The number of hydrogen-bond donors (Lipinski definition) is 0. The van der Waals surface area contributed by atoms with Crippen LogP contribution in [0.1, 0.15) is 22.3 Å². The Morgan fingerprint density at radius 1 is 0.250 bits per heavy atom. The molecule has 2 aliphatic rings. The first-order valence-electron chi connectivity index (χ1n) is 26.2. The van der Waals surface area contributed by atoms with Gasteiger partial charge in [-0.25, -0.2) is 0 Å². The highest BCUT2D eigenvalue weighted by molar-refractivity contribution is 6.13. The van der Waals surface area contributed by atoms with Gasteiger partial charge in [-0.2, -0.15) is 0 Å². The summed E-state index contributed by atoms with van der Waals surface area (Å²) in [5.74, 6) is 0. The minimum atomic E-state index is -0.416. The first kappa shape index (κ1) is 41.5. The predicted molar refractivity (Wildman–Crippen MR) is 313 cm³/mol. The molecular weight excluding hydrogens is 923 g/mol. The smallest absolute Gasteiger partial charge is 0.143 e. The third-order valence-corrected chi connectivity index (χ3v) is 16.9. The van der Waals surface area contributed by atoms with Crippen LogP contribution in [0.15, 0.2) is 270 Å². The summed E-state index contributed by atoms with van der Waals surface area (Å²) in [7, 11) is 0. The normalized spacial score (nSPS) is 13.1. The summed E-state index contributed by atoms with van der Waals surface area (Å²) < 4.78 is 15.4. The highest BCUT2D eigenvalue weighted by Crippen LogP contribution is 2.63. The lowest BCUT2D eigenvalue weighted by molar-refractivity contribution is 0.669. The Bertz CT molecular complexity index is 4860. The number of rotatable bonds is 5. The minimum absolute atomic E-state index is 0.416. The molecule has 0 fully saturated rings. The predicted octanol–water partition coefficient (Wildman–Crippen LogP) is 19.6. The Balaban J connectivity index is 0.827. The Hall–Kier alpha value is -9.96. The molecule has 0 aliphatic heterocycles. The molecule has 3 nitrogen and oxygen atoms in total. The first-order chi connectivity index (χ1) is 37.7. The van der Waals surface area contributed by atoms with E-state index in [0.29, 0.717) is 0 Å². The number of nitrogens with zero attached hydrogens (tertiary/aromatic N) is 1. The zero-order valence-corrected chi connectivity index (χ0v) is 41.1. The van der Waals surface area contributed by atoms with Crippen molar-refractivity contribution in [1.82, 2.24) is 4.57 Å². The van der Waals surface area contributed by atoms with Crippen LogP contribution < -0.4 is 0 Å². The lowest BCUT2D eigenvalue weighted by atomic mass is 9.70. The van der Waals surface area contributed by atoms with Gasteiger partial charge in [-0.15, -0.1) is 0 Å². The van der Waals surface area contributed by atoms with Crippen molar-refractivity contribution in [3.63, 3.8) is 0 Å². The Kier molecular flexibility index (Phi) is 8.48. The van der Waals surface area contributed by atoms with Gasteiger partial charge in [0.1, 0.15) is 22.3 Å². The minimum Gasteiger partial charge on any atom is -0.455 e. The molecule has 0 unspecified atom stereocenters. The van der Waals surface area contributed by atoms with E-state index in [0.717, 1.165) is 94.0 Å². The zero-order valence-electron chi connectivity index (χ0n) is 41.1. The lowest BCUT2D eigenvalue weighted by Crippen LogP contribution is -2.25. The zero-order chi connectivity index (χ0) is 49.6. The number of benzene rings is 12. The van der Waals surface area contributed by atoms with Crippen molar-refractivity contribution in [2.24, 2.45) is 0 Å². The maximum atomic E-state index is 6.50. The van der Waals surface area contributed by atoms with E-state index in [1.165, 1.54) is 66.4 Å². The van der Waals surface area contributed by atoms with Gasteiger partial charge in [0.05, 0.1) is 16.4 Å². The molecule has 76 heavy (non-hydrogen) atoms. The molecule has 1 spiro atoms. The maximum Gasteiger partial charge on any atom is 0.143 e. The molecule has 0 atom stereocenters. The molecule has 0 amide bonds. The maximum absolute atomic E-state index is 6.50. The molecule has 0 saturated heterocycles. The fraction of sp³-hybridized carbons (Fsp3) is 0.0137. The van der Waals surface area contributed by atoms with Crippen molar-refractivity contribution in [3.05, 3.63) is 283 Å². The highest BCUT2D eigenvalue weighted by atomic mass is 16.3. The second-order valence-corrected chi connectivity index (χ2v) is 20.6. The largest absolute Gasteiger partial charge is 0.455 e. The van der Waals surface area contributed by atoms with Crippen molar-refractivity contribution in [1.29, 1.82) is 0 Å². The van der Waals surface area contributed by atoms with Crippen molar-refractivity contribution in [3.8, 4) is 72.4 Å². The molecule has 0 bridgehead atoms. The van der Waals surface area contributed by atoms with E-state index < -0.39 is 5.41 Å². The number of furan rings is 2. The molecule has 3 aromatic heterocycles. The molecule has 0 radical (unpaired) electrons. The molecule has 2 aliphatic carbocycles. The summed E-state index contributed by atoms with van der Waals surface area (Å²) in [6.45, 7) is 0. The fourth-order valence-corrected chi connectivity index (χ4v) is 13.5. The van der Waals surface area contributed by atoms with E-state index in [-0.39, 0.29) is 0 Å². The van der Waals surface area contributed by atoms with Gasteiger partial charge in [-0.1, -0.05) is 206 Å². The number of hydrogen-bond acceptors (Lipinski definition) is 2. The van der Waals surface area contributed by atoms with Crippen LogP contribution in [0.5, 0.6) is 0 Å². The van der Waals surface area contributed by atoms with Crippen molar-refractivity contribution < 1.29 is 8.83 Å². The van der Waals surface area contributed by atoms with Crippen LogP contribution in [0.2, 0.25) is 0 Å². The fourth-order valence-electron chi connectivity index (χ4n) is 13.5. The summed E-state index contributed by atoms with van der Waals surface area (Å²) >= 11 is 0. The number of fused-ring (bicyclic) bond motifs is 19. The SMILES string of the molecule is c1ccc2c(c1)-c1ccccc1C21c2ccccc2-c2ccc(-c3ccc4c(c3)c3cc(-c5ccc(-c6cccc7c6oc6ccccc67)cc5)ccc3n4-c3ccc(-c4cccc5c4oc4ccccc45)cc3)cc21. The van der Waals surface area contributed by atoms with Crippen LogP contribution in [0.3, 0.4) is 0 Å². The second kappa shape index (κ2) is 15.5. The summed E-state index contributed by atoms with van der Waals surface area (Å²) in [5.41, 5.74) is 26.4. The quantitative estimate of drug-likeness (QED) is 0.172. The number of para-hydroxylation sites is 4. The van der Waals surface area contributed by atoms with Gasteiger partial charge < -0.3 is 13.4 Å². The van der Waals surface area contributed by atoms with Gasteiger partial charge >= 0.3 is 0 Å². The Labute approximate surface area is 437 Å². The van der Waals surface area contributed by atoms with Crippen molar-refractivity contribution in [2.75, 3.05) is 0 Å². The molecule has 3 heterocycles. The van der Waals surface area contributed by atoms with Crippen molar-refractivity contribution >= 4 is 65.7 Å². The first-order valence-corrected chi connectivity index (χ1v) is 26.2. The average molecular weight is 966 g/mol. The molecule has 352 valence electrons. The van der Waals surface area contributed by atoms with E-state index in [9.17, 15) is 0 Å². The van der Waals surface area contributed by atoms with Gasteiger partial charge in [-0.05, 0) is 132 Å². The van der Waals surface area contributed by atoms with Gasteiger partial charge in [0, 0.05) is 49.1 Å². The van der Waals surface area contributed by atoms with E-state index >= 15 is 0 Å². The standard InChI is InChI=1S/C73H43NO2/c1-6-22-63-53(13-1)54-14-2-7-23-64(54)73(63)65-24-8-3-15-55(65)56-38-33-49(43-66(56)73)48-35-40-68-62(42-48)61-41-47(44-27-29-45(30-28-44)51-18-11-20-59-57-16-4-9-25-69(57)75-71(51)59)34-39-67(61)74(68)50-36-31-46(32-37-50)52-19-12-21-60-58-17-5-10-26-70(58)76-72(52)60/h1-43H. The molecule has 15 aromatic rings. The lowest BCUT2D eigenvalue weighted by Gasteiger charge is -2.30. The van der Waals surface area contributed by atoms with E-state index in [2.05, 4.69) is 241 Å². The van der Waals surface area contributed by atoms with Gasteiger partial charge in [0.2, 0.25) is 0 Å². The molecule has 0 saturated carbocycles. The topological polar surface area (TPSA) is 31.2 Å². The highest BCUT2D eigenvalue weighted by Gasteiger charge is 2.51. The average Bonchev–Trinajstić information content (AvgIpc) is 4.46. The molecule has 12 aromatic carbocycles. The third-order valence-electron chi connectivity index (χ3n) is 16.9. The monoisotopic (exact) mass is 965 g/mol. The summed E-state index contributed by atoms with van der Waals surface area (Å²) in [6.07, 6.45) is 0. The molecular formula is C73H43NO2. The summed E-state index contributed by atoms with van der Waals surface area (Å²) in [6, 6.07) is 95.9. The molecule has 17 rings (SSSR count). The van der Waals surface area contributed by atoms with Crippen LogP contribution >= 0.6 is 0 Å². The van der Waals surface area contributed by atoms with E-state index in [4.69, 9.17) is 8.83 Å². The van der Waals surface area contributed by atoms with Crippen molar-refractivity contribution in [2.45, 2.75) is 5.41 Å². The van der Waals surface area contributed by atoms with Crippen LogP contribution in [0.4, 0.5) is 0 Å². The van der Waals surface area contributed by atoms with Gasteiger partial charge in [0.25, 0.3) is 0 Å². The van der Waals surface area contributed by atoms with Crippen LogP contribution in [0.25, 0.3) is 138 Å². The Morgan fingerprint density at radius 2 is 0.632 bits per heavy atom. The molecule has 0 N–H and O–H groups in total. The number of aromatic nitrogens is 1. The van der Waals surface area contributed by atoms with Gasteiger partial charge in [0.15, 0.2) is 0 Å². The van der Waals surface area contributed by atoms with E-state index in [1.54, 1.807) is 0 Å². The third kappa shape index (κ3) is 5.66. The summed E-state index contributed by atoms with van der Waals surface area (Å²) in [4.78, 5) is 0. The van der Waals surface area contributed by atoms with Crippen LogP contribution in [-0.4, -0.2) is 4.57 Å².